The Morgan fingerprint density at radius 2 is 2.06 bits per heavy atom. The minimum absolute atomic E-state index is 0.868. The number of hydrogen-bond donors (Lipinski definition) is 1. The Morgan fingerprint density at radius 3 is 2.76 bits per heavy atom. The molecule has 1 fully saturated rings. The Morgan fingerprint density at radius 1 is 1.29 bits per heavy atom. The summed E-state index contributed by atoms with van der Waals surface area (Å²) in [6.45, 7) is 5.13. The fourth-order valence-electron chi connectivity index (χ4n) is 2.60. The van der Waals surface area contributed by atoms with Crippen LogP contribution in [-0.2, 0) is 6.42 Å². The molecular formula is C14H23N3. The van der Waals surface area contributed by atoms with E-state index in [4.69, 9.17) is 0 Å². The van der Waals surface area contributed by atoms with Gasteiger partial charge >= 0.3 is 0 Å². The van der Waals surface area contributed by atoms with Crippen molar-refractivity contribution >= 4 is 5.82 Å². The van der Waals surface area contributed by atoms with Gasteiger partial charge in [-0.25, -0.2) is 9.97 Å². The molecule has 0 bridgehead atoms. The molecule has 17 heavy (non-hydrogen) atoms. The van der Waals surface area contributed by atoms with Crippen LogP contribution in [0.1, 0.15) is 50.5 Å². The van der Waals surface area contributed by atoms with Crippen molar-refractivity contribution in [1.82, 2.24) is 9.97 Å². The standard InChI is InChI=1S/C14H23N3/c1-3-13-10-14(17-11(2)16-13)15-9-8-12-6-4-5-7-12/h10,12H,3-9H2,1-2H3,(H,15,16,17). The van der Waals surface area contributed by atoms with Gasteiger partial charge in [-0.1, -0.05) is 32.6 Å². The fraction of sp³-hybridized carbons (Fsp3) is 0.714. The van der Waals surface area contributed by atoms with E-state index in [1.54, 1.807) is 0 Å². The molecule has 0 atom stereocenters. The summed E-state index contributed by atoms with van der Waals surface area (Å²) in [6, 6.07) is 2.07. The summed E-state index contributed by atoms with van der Waals surface area (Å²) in [4.78, 5) is 8.81. The van der Waals surface area contributed by atoms with E-state index < -0.39 is 0 Å². The van der Waals surface area contributed by atoms with Crippen molar-refractivity contribution in [2.24, 2.45) is 5.92 Å². The van der Waals surface area contributed by atoms with Gasteiger partial charge < -0.3 is 5.32 Å². The normalized spacial score (nSPS) is 16.4. The molecule has 1 saturated carbocycles. The van der Waals surface area contributed by atoms with Crippen molar-refractivity contribution in [3.05, 3.63) is 17.6 Å². The second-order valence-corrected chi connectivity index (χ2v) is 5.01. The summed E-state index contributed by atoms with van der Waals surface area (Å²) in [5.74, 6) is 2.80. The van der Waals surface area contributed by atoms with Gasteiger partial charge in [0.05, 0.1) is 0 Å². The maximum absolute atomic E-state index is 4.42. The zero-order chi connectivity index (χ0) is 12.1. The Balaban J connectivity index is 1.83. The molecule has 0 spiro atoms. The van der Waals surface area contributed by atoms with E-state index in [0.717, 1.165) is 36.2 Å². The highest BCUT2D eigenvalue weighted by molar-refractivity contribution is 5.35. The average Bonchev–Trinajstić information content (AvgIpc) is 2.81. The van der Waals surface area contributed by atoms with Gasteiger partial charge in [0, 0.05) is 18.3 Å². The Labute approximate surface area is 104 Å². The first-order chi connectivity index (χ1) is 8.28. The van der Waals surface area contributed by atoms with Crippen molar-refractivity contribution < 1.29 is 0 Å². The van der Waals surface area contributed by atoms with Crippen LogP contribution in [0, 0.1) is 12.8 Å². The van der Waals surface area contributed by atoms with Gasteiger partial charge in [-0.2, -0.15) is 0 Å². The molecule has 94 valence electrons. The second kappa shape index (κ2) is 5.99. The van der Waals surface area contributed by atoms with Crippen LogP contribution in [-0.4, -0.2) is 16.5 Å². The lowest BCUT2D eigenvalue weighted by atomic mass is 10.0. The largest absolute Gasteiger partial charge is 0.370 e. The molecule has 3 heteroatoms. The lowest BCUT2D eigenvalue weighted by Crippen LogP contribution is -2.09. The molecule has 3 nitrogen and oxygen atoms in total. The van der Waals surface area contributed by atoms with Crippen molar-refractivity contribution in [3.8, 4) is 0 Å². The Bertz CT molecular complexity index is 356. The number of nitrogens with zero attached hydrogens (tertiary/aromatic N) is 2. The molecular weight excluding hydrogens is 210 g/mol. The first kappa shape index (κ1) is 12.3. The molecule has 2 rings (SSSR count). The van der Waals surface area contributed by atoms with Crippen LogP contribution in [0.5, 0.6) is 0 Å². The number of hydrogen-bond acceptors (Lipinski definition) is 3. The van der Waals surface area contributed by atoms with Crippen LogP contribution in [0.15, 0.2) is 6.07 Å². The summed E-state index contributed by atoms with van der Waals surface area (Å²) < 4.78 is 0. The maximum Gasteiger partial charge on any atom is 0.129 e. The third-order valence-electron chi connectivity index (χ3n) is 3.59. The topological polar surface area (TPSA) is 37.8 Å². The van der Waals surface area contributed by atoms with Gasteiger partial charge in [0.15, 0.2) is 0 Å². The molecule has 1 N–H and O–H groups in total. The second-order valence-electron chi connectivity index (χ2n) is 5.01. The van der Waals surface area contributed by atoms with E-state index in [-0.39, 0.29) is 0 Å². The van der Waals surface area contributed by atoms with Crippen molar-refractivity contribution in [3.63, 3.8) is 0 Å². The molecule has 1 aliphatic carbocycles. The third-order valence-corrected chi connectivity index (χ3v) is 3.59. The predicted molar refractivity (Wildman–Crippen MR) is 71.2 cm³/mol. The van der Waals surface area contributed by atoms with Crippen LogP contribution in [0.4, 0.5) is 5.82 Å². The third kappa shape index (κ3) is 3.69. The number of aryl methyl sites for hydroxylation is 2. The predicted octanol–water partition coefficient (Wildman–Crippen LogP) is 3.34. The van der Waals surface area contributed by atoms with Gasteiger partial charge in [-0.15, -0.1) is 0 Å². The quantitative estimate of drug-likeness (QED) is 0.847. The van der Waals surface area contributed by atoms with Gasteiger partial charge in [-0.05, 0) is 25.7 Å². The summed E-state index contributed by atoms with van der Waals surface area (Å²) in [5, 5.41) is 3.44. The van der Waals surface area contributed by atoms with Gasteiger partial charge in [0.25, 0.3) is 0 Å². The molecule has 1 aromatic heterocycles. The fourth-order valence-corrected chi connectivity index (χ4v) is 2.60. The van der Waals surface area contributed by atoms with Gasteiger partial charge in [0.2, 0.25) is 0 Å². The van der Waals surface area contributed by atoms with Crippen molar-refractivity contribution in [2.75, 3.05) is 11.9 Å². The highest BCUT2D eigenvalue weighted by Gasteiger charge is 2.14. The van der Waals surface area contributed by atoms with Gasteiger partial charge in [-0.3, -0.25) is 0 Å². The monoisotopic (exact) mass is 233 g/mol. The number of anilines is 1. The number of nitrogens with one attached hydrogen (secondary N) is 1. The van der Waals surface area contributed by atoms with E-state index >= 15 is 0 Å². The van der Waals surface area contributed by atoms with Gasteiger partial charge in [0.1, 0.15) is 11.6 Å². The summed E-state index contributed by atoms with van der Waals surface area (Å²) in [6.07, 6.45) is 7.95. The van der Waals surface area contributed by atoms with Crippen LogP contribution in [0.2, 0.25) is 0 Å². The number of aromatic nitrogens is 2. The van der Waals surface area contributed by atoms with E-state index in [2.05, 4.69) is 28.3 Å². The zero-order valence-electron chi connectivity index (χ0n) is 11.0. The van der Waals surface area contributed by atoms with E-state index in [9.17, 15) is 0 Å². The summed E-state index contributed by atoms with van der Waals surface area (Å²) in [5.41, 5.74) is 1.13. The Hall–Kier alpha value is -1.12. The molecule has 0 aromatic carbocycles. The maximum atomic E-state index is 4.42. The first-order valence-electron chi connectivity index (χ1n) is 6.86. The van der Waals surface area contributed by atoms with E-state index in [1.807, 2.05) is 6.92 Å². The minimum atomic E-state index is 0.868. The van der Waals surface area contributed by atoms with Crippen LogP contribution in [0.3, 0.4) is 0 Å². The lowest BCUT2D eigenvalue weighted by molar-refractivity contribution is 0.518. The molecule has 0 radical (unpaired) electrons. The zero-order valence-corrected chi connectivity index (χ0v) is 11.0. The number of rotatable bonds is 5. The van der Waals surface area contributed by atoms with E-state index in [0.29, 0.717) is 0 Å². The van der Waals surface area contributed by atoms with Crippen molar-refractivity contribution in [2.45, 2.75) is 52.4 Å². The van der Waals surface area contributed by atoms with Crippen LogP contribution >= 0.6 is 0 Å². The SMILES string of the molecule is CCc1cc(NCCC2CCCC2)nc(C)n1. The summed E-state index contributed by atoms with van der Waals surface area (Å²) in [7, 11) is 0. The molecule has 0 amide bonds. The highest BCUT2D eigenvalue weighted by Crippen LogP contribution is 2.27. The first-order valence-corrected chi connectivity index (χ1v) is 6.86. The summed E-state index contributed by atoms with van der Waals surface area (Å²) >= 11 is 0. The highest BCUT2D eigenvalue weighted by atomic mass is 15.0. The van der Waals surface area contributed by atoms with E-state index in [1.165, 1.54) is 32.1 Å². The van der Waals surface area contributed by atoms with Crippen molar-refractivity contribution in [1.29, 1.82) is 0 Å². The Kier molecular flexibility index (Phi) is 4.35. The molecule has 1 aliphatic rings. The molecule has 0 saturated heterocycles. The van der Waals surface area contributed by atoms with Crippen LogP contribution in [0.25, 0.3) is 0 Å². The molecule has 1 aromatic rings. The lowest BCUT2D eigenvalue weighted by Gasteiger charge is -2.11. The average molecular weight is 233 g/mol. The molecule has 1 heterocycles. The molecule has 0 unspecified atom stereocenters. The minimum Gasteiger partial charge on any atom is -0.370 e. The molecule has 0 aliphatic heterocycles. The smallest absolute Gasteiger partial charge is 0.129 e. The van der Waals surface area contributed by atoms with Crippen LogP contribution < -0.4 is 5.32 Å².